The van der Waals surface area contributed by atoms with Crippen molar-refractivity contribution in [3.63, 3.8) is 0 Å². The Kier molecular flexibility index (Phi) is 52.6. The zero-order valence-corrected chi connectivity index (χ0v) is 43.0. The van der Waals surface area contributed by atoms with Gasteiger partial charge in [-0.1, -0.05) is 244 Å². The number of ether oxygens (including phenoxy) is 1. The number of nitrogens with one attached hydrogen (secondary N) is 1. The van der Waals surface area contributed by atoms with E-state index >= 15 is 0 Å². The van der Waals surface area contributed by atoms with Crippen LogP contribution in [0.15, 0.2) is 24.3 Å². The Balaban J connectivity index is 3.48. The summed E-state index contributed by atoms with van der Waals surface area (Å²) in [5, 5.41) is 23.2. The molecule has 6 nitrogen and oxygen atoms in total. The van der Waals surface area contributed by atoms with Gasteiger partial charge in [-0.05, 0) is 77.0 Å². The Morgan fingerprint density at radius 1 is 0.422 bits per heavy atom. The molecule has 0 aliphatic heterocycles. The van der Waals surface area contributed by atoms with Gasteiger partial charge in [0.05, 0.1) is 25.4 Å². The van der Waals surface area contributed by atoms with Crippen LogP contribution in [-0.2, 0) is 14.3 Å². The predicted octanol–water partition coefficient (Wildman–Crippen LogP) is 17.5. The minimum Gasteiger partial charge on any atom is -0.466 e. The molecule has 0 aromatic heterocycles. The van der Waals surface area contributed by atoms with E-state index in [1.165, 1.54) is 205 Å². The molecule has 0 radical (unpaired) electrons. The Morgan fingerprint density at radius 3 is 1.12 bits per heavy atom. The van der Waals surface area contributed by atoms with Crippen molar-refractivity contribution in [1.82, 2.24) is 5.32 Å². The first-order valence-electron chi connectivity index (χ1n) is 28.6. The zero-order chi connectivity index (χ0) is 46.5. The lowest BCUT2D eigenvalue weighted by Crippen LogP contribution is -2.45. The summed E-state index contributed by atoms with van der Waals surface area (Å²) in [4.78, 5) is 24.5. The molecule has 0 saturated heterocycles. The van der Waals surface area contributed by atoms with E-state index in [1.807, 2.05) is 0 Å². The molecular formula is C58H111NO5. The molecule has 0 rings (SSSR count). The summed E-state index contributed by atoms with van der Waals surface area (Å²) in [6.45, 7) is 4.92. The van der Waals surface area contributed by atoms with Crippen molar-refractivity contribution in [3.8, 4) is 0 Å². The summed E-state index contributed by atoms with van der Waals surface area (Å²) in [7, 11) is 0. The van der Waals surface area contributed by atoms with E-state index < -0.39 is 12.1 Å². The first kappa shape index (κ1) is 62.3. The molecule has 0 aromatic rings. The first-order valence-corrected chi connectivity index (χ1v) is 28.6. The summed E-state index contributed by atoms with van der Waals surface area (Å²) >= 11 is 0. The number of allylic oxidation sites excluding steroid dienone is 4. The Bertz CT molecular complexity index is 997. The van der Waals surface area contributed by atoms with Crippen LogP contribution in [0.25, 0.3) is 0 Å². The molecule has 2 unspecified atom stereocenters. The minimum absolute atomic E-state index is 0.0151. The van der Waals surface area contributed by atoms with Gasteiger partial charge in [-0.15, -0.1) is 0 Å². The first-order chi connectivity index (χ1) is 31.5. The number of unbranched alkanes of at least 4 members (excludes halogenated alkanes) is 38. The second kappa shape index (κ2) is 54.0. The number of aliphatic hydroxyl groups is 2. The topological polar surface area (TPSA) is 95.9 Å². The highest BCUT2D eigenvalue weighted by Crippen LogP contribution is 2.17. The molecule has 6 heteroatoms. The van der Waals surface area contributed by atoms with Crippen molar-refractivity contribution in [2.45, 2.75) is 321 Å². The molecule has 0 aliphatic rings. The lowest BCUT2D eigenvalue weighted by molar-refractivity contribution is -0.143. The second-order valence-electron chi connectivity index (χ2n) is 19.6. The van der Waals surface area contributed by atoms with Crippen LogP contribution in [0.4, 0.5) is 0 Å². The number of carbonyl (C=O) groups excluding carboxylic acids is 2. The third-order valence-corrected chi connectivity index (χ3v) is 13.2. The van der Waals surface area contributed by atoms with Crippen LogP contribution in [0.5, 0.6) is 0 Å². The van der Waals surface area contributed by atoms with Crippen LogP contribution in [0.3, 0.4) is 0 Å². The maximum atomic E-state index is 12.5. The number of esters is 1. The van der Waals surface area contributed by atoms with Gasteiger partial charge in [0.15, 0.2) is 0 Å². The van der Waals surface area contributed by atoms with E-state index in [1.54, 1.807) is 0 Å². The molecule has 0 aromatic carbocycles. The van der Waals surface area contributed by atoms with Gasteiger partial charge in [-0.2, -0.15) is 0 Å². The monoisotopic (exact) mass is 902 g/mol. The predicted molar refractivity (Wildman–Crippen MR) is 278 cm³/mol. The van der Waals surface area contributed by atoms with Crippen LogP contribution in [-0.4, -0.2) is 47.4 Å². The van der Waals surface area contributed by atoms with Gasteiger partial charge in [0.25, 0.3) is 0 Å². The van der Waals surface area contributed by atoms with E-state index in [2.05, 4.69) is 43.5 Å². The minimum atomic E-state index is -0.681. The fraction of sp³-hybridized carbons (Fsp3) is 0.897. The highest BCUT2D eigenvalue weighted by molar-refractivity contribution is 5.76. The maximum Gasteiger partial charge on any atom is 0.305 e. The smallest absolute Gasteiger partial charge is 0.305 e. The van der Waals surface area contributed by atoms with Gasteiger partial charge in [-0.3, -0.25) is 9.59 Å². The van der Waals surface area contributed by atoms with Crippen molar-refractivity contribution < 1.29 is 24.5 Å². The van der Waals surface area contributed by atoms with Crippen molar-refractivity contribution >= 4 is 11.9 Å². The molecular weight excluding hydrogens is 791 g/mol. The molecule has 0 bridgehead atoms. The van der Waals surface area contributed by atoms with E-state index in [9.17, 15) is 19.8 Å². The van der Waals surface area contributed by atoms with Crippen LogP contribution in [0.2, 0.25) is 0 Å². The maximum absolute atomic E-state index is 12.5. The summed E-state index contributed by atoms with van der Waals surface area (Å²) in [5.74, 6) is -0.0787. The van der Waals surface area contributed by atoms with Crippen LogP contribution < -0.4 is 5.32 Å². The third kappa shape index (κ3) is 49.8. The molecule has 0 fully saturated rings. The van der Waals surface area contributed by atoms with Gasteiger partial charge < -0.3 is 20.3 Å². The molecule has 0 heterocycles. The molecule has 64 heavy (non-hydrogen) atoms. The summed E-state index contributed by atoms with van der Waals surface area (Å²) in [6, 6.07) is -0.562. The Hall–Kier alpha value is -1.66. The van der Waals surface area contributed by atoms with Crippen LogP contribution in [0.1, 0.15) is 309 Å². The summed E-state index contributed by atoms with van der Waals surface area (Å²) in [5.41, 5.74) is 0. The lowest BCUT2D eigenvalue weighted by Gasteiger charge is -2.22. The number of hydrogen-bond acceptors (Lipinski definition) is 5. The van der Waals surface area contributed by atoms with Crippen LogP contribution >= 0.6 is 0 Å². The molecule has 0 aliphatic carbocycles. The van der Waals surface area contributed by atoms with Crippen molar-refractivity contribution in [2.24, 2.45) is 0 Å². The quantitative estimate of drug-likeness (QED) is 0.0321. The molecule has 3 N–H and O–H groups in total. The van der Waals surface area contributed by atoms with Crippen LogP contribution in [0, 0.1) is 0 Å². The highest BCUT2D eigenvalue weighted by Gasteiger charge is 2.20. The van der Waals surface area contributed by atoms with Crippen molar-refractivity contribution in [2.75, 3.05) is 13.2 Å². The normalized spacial score (nSPS) is 12.8. The fourth-order valence-electron chi connectivity index (χ4n) is 8.81. The summed E-state index contributed by atoms with van der Waals surface area (Å²) < 4.78 is 5.47. The average Bonchev–Trinajstić information content (AvgIpc) is 3.29. The lowest BCUT2D eigenvalue weighted by atomic mass is 10.0. The number of aliphatic hydroxyl groups excluding tert-OH is 2. The molecule has 0 spiro atoms. The van der Waals surface area contributed by atoms with E-state index in [4.69, 9.17) is 4.74 Å². The zero-order valence-electron chi connectivity index (χ0n) is 43.0. The van der Waals surface area contributed by atoms with Crippen molar-refractivity contribution in [3.05, 3.63) is 24.3 Å². The van der Waals surface area contributed by atoms with Gasteiger partial charge >= 0.3 is 5.97 Å². The Morgan fingerprint density at radius 2 is 0.734 bits per heavy atom. The number of rotatable bonds is 53. The van der Waals surface area contributed by atoms with Gasteiger partial charge in [0.2, 0.25) is 5.91 Å². The Labute approximate surface area is 399 Å². The molecule has 1 amide bonds. The summed E-state index contributed by atoms with van der Waals surface area (Å²) in [6.07, 6.45) is 64.5. The SMILES string of the molecule is CCCCCCCCC/C=C\CCCCCCCCCC(=O)OCCCCCCCC/C=C\CCCCCC(=O)NC(CO)C(O)CCCCCCCCCCCCCCCCCC. The van der Waals surface area contributed by atoms with E-state index in [-0.39, 0.29) is 18.5 Å². The van der Waals surface area contributed by atoms with E-state index in [0.29, 0.717) is 25.9 Å². The number of amides is 1. The number of hydrogen-bond donors (Lipinski definition) is 3. The molecule has 2 atom stereocenters. The molecule has 0 saturated carbocycles. The van der Waals surface area contributed by atoms with Crippen molar-refractivity contribution in [1.29, 1.82) is 0 Å². The standard InChI is InChI=1S/C58H111NO5/c1-3-5-7-9-11-13-15-17-19-21-22-24-28-32-36-40-44-48-52-58(63)64-53-49-45-41-37-33-29-25-27-31-35-39-43-47-51-57(62)59-55(54-60)56(61)50-46-42-38-34-30-26-23-20-18-16-14-12-10-8-6-4-2/h19,21,27,31,55-56,60-61H,3-18,20,22-26,28-30,32-54H2,1-2H3,(H,59,62)/b21-19-,31-27-. The largest absolute Gasteiger partial charge is 0.466 e. The molecule has 378 valence electrons. The van der Waals surface area contributed by atoms with E-state index in [0.717, 1.165) is 70.6 Å². The highest BCUT2D eigenvalue weighted by atomic mass is 16.5. The van der Waals surface area contributed by atoms with Gasteiger partial charge in [0.1, 0.15) is 0 Å². The third-order valence-electron chi connectivity index (χ3n) is 13.2. The second-order valence-corrected chi connectivity index (χ2v) is 19.6. The van der Waals surface area contributed by atoms with Gasteiger partial charge in [0, 0.05) is 12.8 Å². The van der Waals surface area contributed by atoms with Gasteiger partial charge in [-0.25, -0.2) is 0 Å². The number of carbonyl (C=O) groups is 2. The fourth-order valence-corrected chi connectivity index (χ4v) is 8.81. The average molecular weight is 903 g/mol.